The van der Waals surface area contributed by atoms with Gasteiger partial charge in [0, 0.05) is 17.3 Å². The van der Waals surface area contributed by atoms with Gasteiger partial charge < -0.3 is 5.32 Å². The van der Waals surface area contributed by atoms with Crippen molar-refractivity contribution in [3.05, 3.63) is 70.3 Å². The van der Waals surface area contributed by atoms with Gasteiger partial charge in [0.2, 0.25) is 0 Å². The first-order chi connectivity index (χ1) is 13.2. The molecule has 2 heterocycles. The van der Waals surface area contributed by atoms with Crippen molar-refractivity contribution in [2.75, 3.05) is 6.54 Å². The van der Waals surface area contributed by atoms with Crippen LogP contribution >= 0.6 is 11.3 Å². The zero-order valence-corrected chi connectivity index (χ0v) is 15.2. The van der Waals surface area contributed by atoms with E-state index < -0.39 is 0 Å². The molecule has 0 unspecified atom stereocenters. The highest BCUT2D eigenvalue weighted by Crippen LogP contribution is 2.27. The molecule has 2 aromatic carbocycles. The number of carbonyl (C=O) groups excluding carboxylic acids is 1. The number of nitrogens with zero attached hydrogens (tertiary/aromatic N) is 2. The summed E-state index contributed by atoms with van der Waals surface area (Å²) in [6.07, 6.45) is 7.87. The van der Waals surface area contributed by atoms with Gasteiger partial charge in [0.1, 0.15) is 5.69 Å². The Balaban J connectivity index is 1.39. The average molecular weight is 372 g/mol. The first-order valence-corrected chi connectivity index (χ1v) is 9.34. The lowest BCUT2D eigenvalue weighted by molar-refractivity contribution is 0.0950. The van der Waals surface area contributed by atoms with Crippen LogP contribution in [0.5, 0.6) is 0 Å². The predicted molar refractivity (Wildman–Crippen MR) is 108 cm³/mol. The van der Waals surface area contributed by atoms with Gasteiger partial charge in [-0.1, -0.05) is 36.4 Å². The predicted octanol–water partition coefficient (Wildman–Crippen LogP) is 3.64. The van der Waals surface area contributed by atoms with Crippen LogP contribution in [0.2, 0.25) is 0 Å². The molecule has 0 radical (unpaired) electrons. The van der Waals surface area contributed by atoms with Gasteiger partial charge in [0.05, 0.1) is 11.7 Å². The van der Waals surface area contributed by atoms with E-state index in [1.807, 2.05) is 18.3 Å². The first-order valence-electron chi connectivity index (χ1n) is 8.46. The Kier molecular flexibility index (Phi) is 4.69. The normalized spacial score (nSPS) is 10.6. The standard InChI is InChI=1S/C21H16N4OS/c1-2-20-24-19(13-27-20)21(26)22-11-10-14-6-8-15(9-7-14)16-4-3-5-18-17(16)12-23-25-18/h1,3-9,12-13H,10-11H2,(H,22,26)(H,23,25). The lowest BCUT2D eigenvalue weighted by Gasteiger charge is -2.07. The zero-order chi connectivity index (χ0) is 18.6. The molecule has 0 saturated carbocycles. The number of H-pyrrole nitrogens is 1. The van der Waals surface area contributed by atoms with E-state index in [1.54, 1.807) is 5.38 Å². The topological polar surface area (TPSA) is 70.7 Å². The van der Waals surface area contributed by atoms with Gasteiger partial charge in [-0.05, 0) is 35.1 Å². The molecule has 4 aromatic rings. The van der Waals surface area contributed by atoms with Crippen molar-refractivity contribution in [2.24, 2.45) is 0 Å². The summed E-state index contributed by atoms with van der Waals surface area (Å²) in [5, 5.41) is 13.3. The molecule has 0 fully saturated rings. The van der Waals surface area contributed by atoms with Crippen LogP contribution in [0, 0.1) is 12.3 Å². The van der Waals surface area contributed by atoms with Crippen LogP contribution < -0.4 is 5.32 Å². The van der Waals surface area contributed by atoms with Gasteiger partial charge in [-0.15, -0.1) is 17.8 Å². The third kappa shape index (κ3) is 3.59. The molecule has 0 aliphatic carbocycles. The minimum Gasteiger partial charge on any atom is -0.350 e. The maximum atomic E-state index is 12.1. The van der Waals surface area contributed by atoms with Crippen LogP contribution in [-0.2, 0) is 6.42 Å². The fourth-order valence-electron chi connectivity index (χ4n) is 2.93. The smallest absolute Gasteiger partial charge is 0.270 e. The molecule has 1 amide bonds. The molecule has 2 aromatic heterocycles. The van der Waals surface area contributed by atoms with Crippen LogP contribution in [0.4, 0.5) is 0 Å². The number of aromatic amines is 1. The maximum absolute atomic E-state index is 12.1. The first kappa shape index (κ1) is 17.0. The number of benzene rings is 2. The van der Waals surface area contributed by atoms with Crippen LogP contribution in [0.1, 0.15) is 21.1 Å². The summed E-state index contributed by atoms with van der Waals surface area (Å²) < 4.78 is 0. The molecule has 0 bridgehead atoms. The van der Waals surface area contributed by atoms with Crippen LogP contribution in [0.25, 0.3) is 22.0 Å². The van der Waals surface area contributed by atoms with Crippen molar-refractivity contribution in [1.82, 2.24) is 20.5 Å². The second-order valence-corrected chi connectivity index (χ2v) is 6.88. The van der Waals surface area contributed by atoms with Crippen molar-refractivity contribution in [3.8, 4) is 23.5 Å². The molecule has 132 valence electrons. The van der Waals surface area contributed by atoms with Crippen LogP contribution in [-0.4, -0.2) is 27.6 Å². The lowest BCUT2D eigenvalue weighted by Crippen LogP contribution is -2.25. The molecule has 0 aliphatic rings. The third-order valence-corrected chi connectivity index (χ3v) is 5.08. The number of nitrogens with one attached hydrogen (secondary N) is 2. The van der Waals surface area contributed by atoms with Gasteiger partial charge in [0.25, 0.3) is 5.91 Å². The minimum atomic E-state index is -0.198. The van der Waals surface area contributed by atoms with Gasteiger partial charge in [0.15, 0.2) is 5.01 Å². The largest absolute Gasteiger partial charge is 0.350 e. The summed E-state index contributed by atoms with van der Waals surface area (Å²) in [5.74, 6) is 2.24. The van der Waals surface area contributed by atoms with E-state index >= 15 is 0 Å². The molecular weight excluding hydrogens is 356 g/mol. The molecule has 4 rings (SSSR count). The average Bonchev–Trinajstić information content (AvgIpc) is 3.37. The highest BCUT2D eigenvalue weighted by molar-refractivity contribution is 7.10. The Labute approximate surface area is 160 Å². The molecule has 0 aliphatic heterocycles. The van der Waals surface area contributed by atoms with Crippen LogP contribution in [0.3, 0.4) is 0 Å². The molecule has 2 N–H and O–H groups in total. The fourth-order valence-corrected chi connectivity index (χ4v) is 3.53. The number of hydrogen-bond acceptors (Lipinski definition) is 4. The Morgan fingerprint density at radius 3 is 2.85 bits per heavy atom. The second kappa shape index (κ2) is 7.44. The number of aromatic nitrogens is 3. The van der Waals surface area contributed by atoms with Crippen molar-refractivity contribution in [1.29, 1.82) is 0 Å². The quantitative estimate of drug-likeness (QED) is 0.526. The molecule has 0 saturated heterocycles. The molecule has 5 nitrogen and oxygen atoms in total. The molecule has 27 heavy (non-hydrogen) atoms. The van der Waals surface area contributed by atoms with E-state index in [0.717, 1.165) is 34.0 Å². The molecular formula is C21H16N4OS. The number of rotatable bonds is 5. The summed E-state index contributed by atoms with van der Waals surface area (Å²) in [7, 11) is 0. The highest BCUT2D eigenvalue weighted by Gasteiger charge is 2.09. The highest BCUT2D eigenvalue weighted by atomic mass is 32.1. The van der Waals surface area contributed by atoms with E-state index in [0.29, 0.717) is 17.2 Å². The maximum Gasteiger partial charge on any atom is 0.270 e. The van der Waals surface area contributed by atoms with Crippen LogP contribution in [0.15, 0.2) is 54.0 Å². The number of hydrogen-bond donors (Lipinski definition) is 2. The van der Waals surface area contributed by atoms with Gasteiger partial charge in [-0.3, -0.25) is 9.89 Å². The second-order valence-electron chi connectivity index (χ2n) is 6.02. The number of fused-ring (bicyclic) bond motifs is 1. The third-order valence-electron chi connectivity index (χ3n) is 4.31. The van der Waals surface area contributed by atoms with Gasteiger partial charge in [-0.2, -0.15) is 5.10 Å². The number of terminal acetylenes is 1. The van der Waals surface area contributed by atoms with E-state index in [2.05, 4.69) is 56.8 Å². The number of thiazole rings is 1. The Morgan fingerprint density at radius 2 is 2.07 bits per heavy atom. The number of amides is 1. The summed E-state index contributed by atoms with van der Waals surface area (Å²) in [5.41, 5.74) is 4.83. The molecule has 6 heteroatoms. The van der Waals surface area contributed by atoms with Crippen molar-refractivity contribution >= 4 is 28.1 Å². The SMILES string of the molecule is C#Cc1nc(C(=O)NCCc2ccc(-c3cccc4[nH]ncc34)cc2)cs1. The van der Waals surface area contributed by atoms with Crippen molar-refractivity contribution in [2.45, 2.75) is 6.42 Å². The minimum absolute atomic E-state index is 0.198. The van der Waals surface area contributed by atoms with Crippen molar-refractivity contribution in [3.63, 3.8) is 0 Å². The Bertz CT molecular complexity index is 1130. The monoisotopic (exact) mass is 372 g/mol. The van der Waals surface area contributed by atoms with Crippen molar-refractivity contribution < 1.29 is 4.79 Å². The Hall–Kier alpha value is -3.43. The zero-order valence-electron chi connectivity index (χ0n) is 14.4. The summed E-state index contributed by atoms with van der Waals surface area (Å²) in [6.45, 7) is 0.540. The molecule has 0 spiro atoms. The molecule has 0 atom stereocenters. The van der Waals surface area contributed by atoms with E-state index in [4.69, 9.17) is 6.42 Å². The van der Waals surface area contributed by atoms with Gasteiger partial charge >= 0.3 is 0 Å². The lowest BCUT2D eigenvalue weighted by atomic mass is 10.00. The summed E-state index contributed by atoms with van der Waals surface area (Å²) in [6, 6.07) is 14.5. The van der Waals surface area contributed by atoms with E-state index in [9.17, 15) is 4.79 Å². The van der Waals surface area contributed by atoms with E-state index in [-0.39, 0.29) is 5.91 Å². The Morgan fingerprint density at radius 1 is 1.22 bits per heavy atom. The van der Waals surface area contributed by atoms with E-state index in [1.165, 1.54) is 11.3 Å². The number of carbonyl (C=O) groups is 1. The van der Waals surface area contributed by atoms with Gasteiger partial charge in [-0.25, -0.2) is 4.98 Å². The summed E-state index contributed by atoms with van der Waals surface area (Å²) in [4.78, 5) is 16.1. The fraction of sp³-hybridized carbons (Fsp3) is 0.0952. The summed E-state index contributed by atoms with van der Waals surface area (Å²) >= 11 is 1.29.